The van der Waals surface area contributed by atoms with Crippen LogP contribution in [0.15, 0.2) is 164 Å². The van der Waals surface area contributed by atoms with Crippen LogP contribution in [0.5, 0.6) is 5.75 Å². The van der Waals surface area contributed by atoms with Crippen LogP contribution in [-0.2, 0) is 22.0 Å². The highest BCUT2D eigenvalue weighted by Crippen LogP contribution is 2.50. The summed E-state index contributed by atoms with van der Waals surface area (Å²) >= 11 is 0. The number of aromatic nitrogens is 1. The summed E-state index contributed by atoms with van der Waals surface area (Å²) in [6.07, 6.45) is 2.09. The summed E-state index contributed by atoms with van der Waals surface area (Å²) in [5.41, 5.74) is 7.47. The second-order valence-electron chi connectivity index (χ2n) is 12.2. The third kappa shape index (κ3) is 5.74. The van der Waals surface area contributed by atoms with Gasteiger partial charge in [-0.1, -0.05) is 133 Å². The number of fused-ring (bicyclic) bond motifs is 1. The van der Waals surface area contributed by atoms with Crippen molar-refractivity contribution in [2.24, 2.45) is 7.05 Å². The van der Waals surface area contributed by atoms with E-state index in [0.29, 0.717) is 5.75 Å². The lowest BCUT2D eigenvalue weighted by atomic mass is 9.66. The Labute approximate surface area is 287 Å². The molecule has 0 amide bonds. The van der Waals surface area contributed by atoms with Gasteiger partial charge in [0.05, 0.1) is 25.8 Å². The van der Waals surface area contributed by atoms with Gasteiger partial charge in [-0.2, -0.15) is 0 Å². The van der Waals surface area contributed by atoms with E-state index in [0.717, 1.165) is 55.5 Å². The first kappa shape index (κ1) is 31.5. The van der Waals surface area contributed by atoms with E-state index in [1.165, 1.54) is 7.11 Å². The Morgan fingerprint density at radius 1 is 0.673 bits per heavy atom. The SMILES string of the molecule is COC(=O)[C@](c1ccc(OC)cc1)(c1cn(C)c2c(-c3ccccc3)cccc12)[C@@H](Nc1cccc(-c2ccccc2)c1)c1ccccc1. The van der Waals surface area contributed by atoms with Crippen LogP contribution < -0.4 is 10.1 Å². The number of nitrogens with zero attached hydrogens (tertiary/aromatic N) is 1. The molecule has 1 heterocycles. The molecule has 6 aromatic carbocycles. The molecule has 0 saturated carbocycles. The molecule has 0 aliphatic rings. The van der Waals surface area contributed by atoms with E-state index in [1.807, 2.05) is 92.0 Å². The van der Waals surface area contributed by atoms with Crippen molar-refractivity contribution in [3.05, 3.63) is 181 Å². The molecule has 0 unspecified atom stereocenters. The zero-order valence-corrected chi connectivity index (χ0v) is 27.8. The van der Waals surface area contributed by atoms with Gasteiger partial charge in [-0.25, -0.2) is 0 Å². The number of carbonyl (C=O) groups is 1. The fourth-order valence-electron chi connectivity index (χ4n) is 7.14. The lowest BCUT2D eigenvalue weighted by molar-refractivity contribution is -0.146. The fraction of sp³-hybridized carbons (Fsp3) is 0.114. The number of benzene rings is 6. The van der Waals surface area contributed by atoms with Gasteiger partial charge in [0.25, 0.3) is 0 Å². The van der Waals surface area contributed by atoms with Gasteiger partial charge in [-0.15, -0.1) is 0 Å². The Balaban J connectivity index is 1.54. The molecule has 5 heteroatoms. The smallest absolute Gasteiger partial charge is 0.323 e. The molecule has 49 heavy (non-hydrogen) atoms. The van der Waals surface area contributed by atoms with Gasteiger partial charge in [0.1, 0.15) is 11.2 Å². The van der Waals surface area contributed by atoms with Crippen molar-refractivity contribution in [2.45, 2.75) is 11.5 Å². The minimum Gasteiger partial charge on any atom is -0.497 e. The molecule has 0 fully saturated rings. The molecular formula is C44H38N2O3. The van der Waals surface area contributed by atoms with Gasteiger partial charge in [-0.05, 0) is 52.1 Å². The van der Waals surface area contributed by atoms with Crippen molar-refractivity contribution >= 4 is 22.6 Å². The predicted molar refractivity (Wildman–Crippen MR) is 199 cm³/mol. The minimum absolute atomic E-state index is 0.379. The van der Waals surface area contributed by atoms with Crippen LogP contribution >= 0.6 is 0 Å². The van der Waals surface area contributed by atoms with Crippen LogP contribution in [0.25, 0.3) is 33.2 Å². The summed E-state index contributed by atoms with van der Waals surface area (Å²) in [6.45, 7) is 0. The molecule has 5 nitrogen and oxygen atoms in total. The summed E-state index contributed by atoms with van der Waals surface area (Å²) in [4.78, 5) is 15.0. The van der Waals surface area contributed by atoms with Crippen LogP contribution in [0.2, 0.25) is 0 Å². The number of rotatable bonds is 10. The van der Waals surface area contributed by atoms with E-state index in [4.69, 9.17) is 9.47 Å². The number of methoxy groups -OCH3 is 2. The molecule has 7 rings (SSSR count). The molecule has 0 spiro atoms. The maximum absolute atomic E-state index is 15.0. The zero-order valence-electron chi connectivity index (χ0n) is 27.8. The molecule has 0 bridgehead atoms. The average molecular weight is 643 g/mol. The second-order valence-corrected chi connectivity index (χ2v) is 12.2. The highest BCUT2D eigenvalue weighted by molar-refractivity contribution is 6.02. The maximum Gasteiger partial charge on any atom is 0.323 e. The van der Waals surface area contributed by atoms with E-state index in [2.05, 4.69) is 88.9 Å². The Morgan fingerprint density at radius 2 is 1.29 bits per heavy atom. The highest BCUT2D eigenvalue weighted by Gasteiger charge is 2.52. The first-order chi connectivity index (χ1) is 24.0. The summed E-state index contributed by atoms with van der Waals surface area (Å²) in [5.74, 6) is 0.322. The van der Waals surface area contributed by atoms with E-state index in [1.54, 1.807) is 7.11 Å². The molecule has 242 valence electrons. The molecule has 1 aromatic heterocycles. The molecule has 0 radical (unpaired) electrons. The third-order valence-corrected chi connectivity index (χ3v) is 9.41. The Morgan fingerprint density at radius 3 is 1.94 bits per heavy atom. The van der Waals surface area contributed by atoms with E-state index in [-0.39, 0.29) is 5.97 Å². The summed E-state index contributed by atoms with van der Waals surface area (Å²) in [7, 11) is 5.16. The van der Waals surface area contributed by atoms with Crippen molar-refractivity contribution < 1.29 is 14.3 Å². The van der Waals surface area contributed by atoms with Crippen molar-refractivity contribution in [1.82, 2.24) is 4.57 Å². The van der Waals surface area contributed by atoms with Crippen molar-refractivity contribution in [2.75, 3.05) is 19.5 Å². The monoisotopic (exact) mass is 642 g/mol. The topological polar surface area (TPSA) is 52.5 Å². The summed E-state index contributed by atoms with van der Waals surface area (Å²) in [5, 5.41) is 4.83. The number of aryl methyl sites for hydroxylation is 1. The van der Waals surface area contributed by atoms with Crippen LogP contribution in [0.3, 0.4) is 0 Å². The number of anilines is 1. The van der Waals surface area contributed by atoms with Crippen LogP contribution in [0.1, 0.15) is 22.7 Å². The third-order valence-electron chi connectivity index (χ3n) is 9.41. The maximum atomic E-state index is 15.0. The quantitative estimate of drug-likeness (QED) is 0.151. The normalized spacial score (nSPS) is 13.0. The van der Waals surface area contributed by atoms with Crippen molar-refractivity contribution in [3.63, 3.8) is 0 Å². The molecular weight excluding hydrogens is 604 g/mol. The van der Waals surface area contributed by atoms with E-state index < -0.39 is 11.5 Å². The highest BCUT2D eigenvalue weighted by atomic mass is 16.5. The molecule has 0 aliphatic carbocycles. The first-order valence-electron chi connectivity index (χ1n) is 16.4. The average Bonchev–Trinajstić information content (AvgIpc) is 3.52. The van der Waals surface area contributed by atoms with Crippen molar-refractivity contribution in [3.8, 4) is 28.0 Å². The van der Waals surface area contributed by atoms with Crippen molar-refractivity contribution in [1.29, 1.82) is 0 Å². The lowest BCUT2D eigenvalue weighted by Gasteiger charge is -2.40. The predicted octanol–water partition coefficient (Wildman–Crippen LogP) is 9.83. The Bertz CT molecular complexity index is 2190. The number of para-hydroxylation sites is 1. The lowest BCUT2D eigenvalue weighted by Crippen LogP contribution is -2.46. The van der Waals surface area contributed by atoms with Crippen LogP contribution in [0, 0.1) is 0 Å². The zero-order chi connectivity index (χ0) is 33.8. The Hall–Kier alpha value is -6.07. The van der Waals surface area contributed by atoms with Gasteiger partial charge in [-0.3, -0.25) is 4.79 Å². The molecule has 0 aliphatic heterocycles. The second kappa shape index (κ2) is 13.6. The van der Waals surface area contributed by atoms with Gasteiger partial charge in [0.2, 0.25) is 0 Å². The molecule has 1 N–H and O–H groups in total. The Kier molecular flexibility index (Phi) is 8.73. The van der Waals surface area contributed by atoms with Gasteiger partial charge in [0.15, 0.2) is 0 Å². The van der Waals surface area contributed by atoms with Gasteiger partial charge in [0, 0.05) is 35.4 Å². The number of carbonyl (C=O) groups excluding carboxylic acids is 1. The largest absolute Gasteiger partial charge is 0.497 e. The number of esters is 1. The standard InChI is InChI=1S/C44H38N2O3/c1-46-30-40(39-24-14-23-38(41(39)46)32-17-9-5-10-18-32)44(43(47)49-3,35-25-27-37(48-2)28-26-35)42(33-19-11-6-12-20-33)45-36-22-13-21-34(29-36)31-15-7-4-8-16-31/h4-30,42,45H,1-3H3/t42-,44+/m0/s1. The summed E-state index contributed by atoms with van der Waals surface area (Å²) in [6, 6.07) is 52.6. The molecule has 2 atom stereocenters. The van der Waals surface area contributed by atoms with Gasteiger partial charge >= 0.3 is 5.97 Å². The van der Waals surface area contributed by atoms with Crippen LogP contribution in [0.4, 0.5) is 5.69 Å². The van der Waals surface area contributed by atoms with Gasteiger partial charge < -0.3 is 19.4 Å². The number of hydrogen-bond acceptors (Lipinski definition) is 4. The molecule has 7 aromatic rings. The van der Waals surface area contributed by atoms with E-state index in [9.17, 15) is 4.79 Å². The van der Waals surface area contributed by atoms with Crippen LogP contribution in [-0.4, -0.2) is 24.8 Å². The number of ether oxygens (including phenoxy) is 2. The summed E-state index contributed by atoms with van der Waals surface area (Å²) < 4.78 is 13.6. The first-order valence-corrected chi connectivity index (χ1v) is 16.4. The van der Waals surface area contributed by atoms with E-state index >= 15 is 0 Å². The fourth-order valence-corrected chi connectivity index (χ4v) is 7.14. The number of nitrogens with one attached hydrogen (secondary N) is 1. The minimum atomic E-state index is -1.35. The molecule has 0 saturated heterocycles. The number of hydrogen-bond donors (Lipinski definition) is 1.